The Kier molecular flexibility index (Phi) is 4.04. The van der Waals surface area contributed by atoms with Gasteiger partial charge in [0.2, 0.25) is 0 Å². The van der Waals surface area contributed by atoms with Crippen molar-refractivity contribution in [1.29, 1.82) is 0 Å². The van der Waals surface area contributed by atoms with Crippen LogP contribution in [-0.4, -0.2) is 6.04 Å². The van der Waals surface area contributed by atoms with Gasteiger partial charge >= 0.3 is 0 Å². The molecule has 2 heteroatoms. The van der Waals surface area contributed by atoms with Crippen LogP contribution in [0.3, 0.4) is 0 Å². The normalized spacial score (nSPS) is 10.3. The zero-order valence-corrected chi connectivity index (χ0v) is 4.90. The lowest BCUT2D eigenvalue weighted by Gasteiger charge is -2.04. The summed E-state index contributed by atoms with van der Waals surface area (Å²) in [5.74, 6) is 0. The molecule has 1 radical (unpaired) electrons. The van der Waals surface area contributed by atoms with Crippen LogP contribution in [0, 0.1) is 0 Å². The smallest absolute Gasteiger partial charge is 0.0347 e. The van der Waals surface area contributed by atoms with Crippen LogP contribution >= 0.6 is 0 Å². The maximum Gasteiger partial charge on any atom is 0.0347 e. The molecule has 0 aliphatic carbocycles. The van der Waals surface area contributed by atoms with Gasteiger partial charge in [-0.05, 0) is 12.8 Å². The van der Waals surface area contributed by atoms with Crippen molar-refractivity contribution in [2.45, 2.75) is 32.7 Å². The highest BCUT2D eigenvalue weighted by atomic mass is 16.5. The van der Waals surface area contributed by atoms with Crippen LogP contribution in [-0.2, 0) is 5.21 Å². The van der Waals surface area contributed by atoms with E-state index in [1.807, 2.05) is 19.3 Å². The van der Waals surface area contributed by atoms with Gasteiger partial charge in [-0.2, -0.15) is 5.48 Å². The minimum absolute atomic E-state index is 0.181. The lowest BCUT2D eigenvalue weighted by Crippen LogP contribution is -2.21. The predicted molar refractivity (Wildman–Crippen MR) is 28.2 cm³/mol. The second kappa shape index (κ2) is 4.09. The molecule has 0 aliphatic rings. The molecular formula is C5H12NO. The van der Waals surface area contributed by atoms with Crippen molar-refractivity contribution < 1.29 is 5.21 Å². The average Bonchev–Trinajstić information content (AvgIpc) is 1.72. The molecule has 7 heavy (non-hydrogen) atoms. The van der Waals surface area contributed by atoms with Crippen molar-refractivity contribution in [3.05, 3.63) is 0 Å². The number of rotatable bonds is 3. The summed E-state index contributed by atoms with van der Waals surface area (Å²) in [5, 5.41) is 9.84. The third kappa shape index (κ3) is 2.60. The molecule has 0 aromatic heterocycles. The highest BCUT2D eigenvalue weighted by Crippen LogP contribution is 1.92. The first-order valence-corrected chi connectivity index (χ1v) is 2.72. The van der Waals surface area contributed by atoms with Crippen LogP contribution in [0.25, 0.3) is 0 Å². The van der Waals surface area contributed by atoms with Crippen molar-refractivity contribution in [2.75, 3.05) is 0 Å². The van der Waals surface area contributed by atoms with Gasteiger partial charge in [-0.3, -0.25) is 0 Å². The largest absolute Gasteiger partial charge is 0.165 e. The van der Waals surface area contributed by atoms with Gasteiger partial charge in [0.05, 0.1) is 0 Å². The summed E-state index contributed by atoms with van der Waals surface area (Å²) in [5.41, 5.74) is 1.95. The Bertz CT molecular complexity index is 29.6. The molecule has 43 valence electrons. The monoisotopic (exact) mass is 102 g/mol. The van der Waals surface area contributed by atoms with Gasteiger partial charge in [0.25, 0.3) is 0 Å². The van der Waals surface area contributed by atoms with Gasteiger partial charge in [-0.1, -0.05) is 13.8 Å². The highest BCUT2D eigenvalue weighted by Gasteiger charge is 1.97. The van der Waals surface area contributed by atoms with Crippen LogP contribution in [0.1, 0.15) is 26.7 Å². The molecule has 0 aliphatic heterocycles. The van der Waals surface area contributed by atoms with Crippen molar-refractivity contribution in [3.8, 4) is 0 Å². The van der Waals surface area contributed by atoms with E-state index in [0.717, 1.165) is 12.8 Å². The summed E-state index contributed by atoms with van der Waals surface area (Å²) in [6.45, 7) is 4.00. The molecular weight excluding hydrogens is 90.1 g/mol. The molecule has 0 bridgehead atoms. The lowest BCUT2D eigenvalue weighted by atomic mass is 10.2. The van der Waals surface area contributed by atoms with E-state index in [0.29, 0.717) is 0 Å². The third-order valence-corrected chi connectivity index (χ3v) is 1.15. The molecule has 0 amide bonds. The topological polar surface area (TPSA) is 31.9 Å². The van der Waals surface area contributed by atoms with E-state index in [1.54, 1.807) is 0 Å². The lowest BCUT2D eigenvalue weighted by molar-refractivity contribution is 0.0416. The van der Waals surface area contributed by atoms with Gasteiger partial charge in [0, 0.05) is 6.04 Å². The first kappa shape index (κ1) is 6.92. The molecule has 0 rings (SSSR count). The molecule has 0 spiro atoms. The van der Waals surface area contributed by atoms with Crippen molar-refractivity contribution in [1.82, 2.24) is 5.48 Å². The summed E-state index contributed by atoms with van der Waals surface area (Å²) in [4.78, 5) is 0. The van der Waals surface area contributed by atoms with E-state index < -0.39 is 0 Å². The Morgan fingerprint density at radius 3 is 1.86 bits per heavy atom. The minimum Gasteiger partial charge on any atom is -0.165 e. The van der Waals surface area contributed by atoms with Crippen molar-refractivity contribution in [2.24, 2.45) is 0 Å². The van der Waals surface area contributed by atoms with Gasteiger partial charge < -0.3 is 0 Å². The van der Waals surface area contributed by atoms with E-state index in [2.05, 4.69) is 0 Å². The van der Waals surface area contributed by atoms with Gasteiger partial charge in [0.15, 0.2) is 0 Å². The second-order valence-corrected chi connectivity index (χ2v) is 1.63. The van der Waals surface area contributed by atoms with Crippen molar-refractivity contribution >= 4 is 0 Å². The quantitative estimate of drug-likeness (QED) is 0.532. The Morgan fingerprint density at radius 2 is 1.86 bits per heavy atom. The van der Waals surface area contributed by atoms with E-state index in [9.17, 15) is 5.21 Å². The van der Waals surface area contributed by atoms with Crippen LogP contribution in [0.5, 0.6) is 0 Å². The second-order valence-electron chi connectivity index (χ2n) is 1.63. The van der Waals surface area contributed by atoms with Gasteiger partial charge in [-0.15, -0.1) is 5.21 Å². The van der Waals surface area contributed by atoms with Crippen LogP contribution in [0.4, 0.5) is 0 Å². The summed E-state index contributed by atoms with van der Waals surface area (Å²) in [6, 6.07) is 0.181. The molecule has 0 aromatic carbocycles. The maximum atomic E-state index is 9.84. The molecule has 0 aromatic rings. The Labute approximate surface area is 44.5 Å². The number of hydrogen-bond donors (Lipinski definition) is 1. The van der Waals surface area contributed by atoms with E-state index in [-0.39, 0.29) is 6.04 Å². The Morgan fingerprint density at radius 1 is 1.43 bits per heavy atom. The molecule has 0 saturated carbocycles. The van der Waals surface area contributed by atoms with Crippen LogP contribution in [0.15, 0.2) is 0 Å². The van der Waals surface area contributed by atoms with E-state index in [4.69, 9.17) is 0 Å². The zero-order chi connectivity index (χ0) is 5.70. The fraction of sp³-hybridized carbons (Fsp3) is 1.00. The van der Waals surface area contributed by atoms with Crippen LogP contribution < -0.4 is 5.48 Å². The molecule has 0 fully saturated rings. The zero-order valence-electron chi connectivity index (χ0n) is 4.90. The van der Waals surface area contributed by atoms with E-state index in [1.165, 1.54) is 0 Å². The highest BCUT2D eigenvalue weighted by molar-refractivity contribution is 4.52. The fourth-order valence-corrected chi connectivity index (χ4v) is 0.455. The Balaban J connectivity index is 2.99. The number of hydrogen-bond acceptors (Lipinski definition) is 1. The van der Waals surface area contributed by atoms with Gasteiger partial charge in [-0.25, -0.2) is 0 Å². The molecule has 0 saturated heterocycles. The van der Waals surface area contributed by atoms with Crippen molar-refractivity contribution in [3.63, 3.8) is 0 Å². The molecule has 0 atom stereocenters. The molecule has 2 nitrogen and oxygen atoms in total. The average molecular weight is 102 g/mol. The third-order valence-electron chi connectivity index (χ3n) is 1.15. The SMILES string of the molecule is CCC(CC)N[O]. The standard InChI is InChI=1S/C5H12NO/c1-3-5(4-2)6-7/h5-6H,3-4H2,1-2H3. The summed E-state index contributed by atoms with van der Waals surface area (Å²) < 4.78 is 0. The fourth-order valence-electron chi connectivity index (χ4n) is 0.455. The maximum absolute atomic E-state index is 9.84. The molecule has 0 heterocycles. The minimum atomic E-state index is 0.181. The number of nitrogens with one attached hydrogen (secondary N) is 1. The summed E-state index contributed by atoms with van der Waals surface area (Å²) in [7, 11) is 0. The molecule has 0 unspecified atom stereocenters. The Hall–Kier alpha value is -0.0800. The summed E-state index contributed by atoms with van der Waals surface area (Å²) >= 11 is 0. The summed E-state index contributed by atoms with van der Waals surface area (Å²) in [6.07, 6.45) is 1.86. The first-order valence-electron chi connectivity index (χ1n) is 2.72. The molecule has 1 N–H and O–H groups in total. The van der Waals surface area contributed by atoms with E-state index >= 15 is 0 Å². The first-order chi connectivity index (χ1) is 3.35. The number of hydroxylamine groups is 1. The van der Waals surface area contributed by atoms with Gasteiger partial charge in [0.1, 0.15) is 0 Å². The predicted octanol–water partition coefficient (Wildman–Crippen LogP) is 1.11. The van der Waals surface area contributed by atoms with Crippen LogP contribution in [0.2, 0.25) is 0 Å².